The second kappa shape index (κ2) is 3.56. The summed E-state index contributed by atoms with van der Waals surface area (Å²) >= 11 is 0. The third-order valence-corrected chi connectivity index (χ3v) is 2.19. The van der Waals surface area contributed by atoms with Crippen LogP contribution in [0.25, 0.3) is 0 Å². The van der Waals surface area contributed by atoms with E-state index < -0.39 is 0 Å². The highest BCUT2D eigenvalue weighted by Crippen LogP contribution is 2.19. The molecule has 2 aliphatic heterocycles. The minimum Gasteiger partial charge on any atom is -0.369 e. The molecule has 0 N–H and O–H groups in total. The fraction of sp³-hybridized carbons (Fsp3) is 0.778. The molecule has 68 valence electrons. The summed E-state index contributed by atoms with van der Waals surface area (Å²) in [6.07, 6.45) is 5.64. The average Bonchev–Trinajstić information content (AvgIpc) is 2.25. The highest BCUT2D eigenvalue weighted by molar-refractivity contribution is 4.98. The molecule has 2 heterocycles. The Bertz CT molecular complexity index is 179. The van der Waals surface area contributed by atoms with Gasteiger partial charge in [0.2, 0.25) is 0 Å². The van der Waals surface area contributed by atoms with Crippen molar-refractivity contribution in [2.24, 2.45) is 0 Å². The Balaban J connectivity index is 2.04. The first-order chi connectivity index (χ1) is 5.86. The number of ether oxygens (including phenoxy) is 3. The third-order valence-electron chi connectivity index (χ3n) is 2.19. The van der Waals surface area contributed by atoms with Crippen molar-refractivity contribution in [2.45, 2.75) is 31.7 Å². The minimum absolute atomic E-state index is 0.0903. The van der Waals surface area contributed by atoms with Crippen LogP contribution in [-0.2, 0) is 14.2 Å². The molecule has 1 saturated heterocycles. The van der Waals surface area contributed by atoms with Gasteiger partial charge in [0.1, 0.15) is 19.0 Å². The topological polar surface area (TPSA) is 27.7 Å². The molecule has 2 rings (SSSR count). The van der Waals surface area contributed by atoms with Crippen molar-refractivity contribution in [2.75, 3.05) is 13.4 Å². The molecule has 1 fully saturated rings. The smallest absolute Gasteiger partial charge is 0.147 e. The lowest BCUT2D eigenvalue weighted by atomic mass is 10.2. The third kappa shape index (κ3) is 1.68. The molecule has 0 aromatic rings. The van der Waals surface area contributed by atoms with Crippen LogP contribution in [0.4, 0.5) is 0 Å². The number of fused-ring (bicyclic) bond motifs is 1. The predicted octanol–water partition coefficient (Wildman–Crippen LogP) is 1.09. The van der Waals surface area contributed by atoms with Crippen molar-refractivity contribution >= 4 is 0 Å². The molecule has 12 heavy (non-hydrogen) atoms. The van der Waals surface area contributed by atoms with Crippen molar-refractivity contribution in [1.29, 1.82) is 0 Å². The molecule has 3 heteroatoms. The Morgan fingerprint density at radius 1 is 1.42 bits per heavy atom. The molecule has 0 aromatic heterocycles. The Hall–Kier alpha value is -0.380. The summed E-state index contributed by atoms with van der Waals surface area (Å²) in [6, 6.07) is 0. The zero-order chi connectivity index (χ0) is 8.39. The standard InChI is InChI=1S/C9H14O3/c1-7-3-2-4-8-9(12-7)5-10-6-11-8/h2,4,7-9H,3,5-6H2,1H3/t7?,8-,9+/m0/s1. The van der Waals surface area contributed by atoms with E-state index in [9.17, 15) is 0 Å². The van der Waals surface area contributed by atoms with Gasteiger partial charge in [-0.25, -0.2) is 0 Å². The molecule has 3 nitrogen and oxygen atoms in total. The van der Waals surface area contributed by atoms with Crippen LogP contribution >= 0.6 is 0 Å². The van der Waals surface area contributed by atoms with E-state index in [2.05, 4.69) is 19.1 Å². The van der Waals surface area contributed by atoms with Crippen LogP contribution in [0, 0.1) is 0 Å². The van der Waals surface area contributed by atoms with Gasteiger partial charge in [-0.3, -0.25) is 0 Å². The molecule has 0 radical (unpaired) electrons. The molecular formula is C9H14O3. The Morgan fingerprint density at radius 3 is 3.25 bits per heavy atom. The summed E-state index contributed by atoms with van der Waals surface area (Å²) in [4.78, 5) is 0. The van der Waals surface area contributed by atoms with E-state index in [4.69, 9.17) is 14.2 Å². The molecule has 0 aromatic carbocycles. The van der Waals surface area contributed by atoms with Crippen molar-refractivity contribution in [3.63, 3.8) is 0 Å². The van der Waals surface area contributed by atoms with E-state index in [0.29, 0.717) is 13.4 Å². The highest BCUT2D eigenvalue weighted by atomic mass is 16.7. The van der Waals surface area contributed by atoms with Crippen LogP contribution in [0.5, 0.6) is 0 Å². The van der Waals surface area contributed by atoms with E-state index in [-0.39, 0.29) is 18.3 Å². The van der Waals surface area contributed by atoms with Crippen LogP contribution in [0.15, 0.2) is 12.2 Å². The van der Waals surface area contributed by atoms with Gasteiger partial charge < -0.3 is 14.2 Å². The van der Waals surface area contributed by atoms with Crippen molar-refractivity contribution in [3.8, 4) is 0 Å². The van der Waals surface area contributed by atoms with Crippen LogP contribution in [0.1, 0.15) is 13.3 Å². The maximum Gasteiger partial charge on any atom is 0.147 e. The SMILES string of the molecule is CC1CC=C[C@@H]2OCOC[C@H]2O1. The number of hydrogen-bond acceptors (Lipinski definition) is 3. The summed E-state index contributed by atoms with van der Waals surface area (Å²) in [5.41, 5.74) is 0. The Morgan fingerprint density at radius 2 is 2.33 bits per heavy atom. The molecule has 3 atom stereocenters. The molecule has 0 bridgehead atoms. The minimum atomic E-state index is 0.0903. The summed E-state index contributed by atoms with van der Waals surface area (Å²) in [6.45, 7) is 3.12. The van der Waals surface area contributed by atoms with Gasteiger partial charge in [-0.15, -0.1) is 0 Å². The summed E-state index contributed by atoms with van der Waals surface area (Å²) in [7, 11) is 0. The monoisotopic (exact) mass is 170 g/mol. The molecule has 0 saturated carbocycles. The first-order valence-corrected chi connectivity index (χ1v) is 4.38. The van der Waals surface area contributed by atoms with Gasteiger partial charge in [0, 0.05) is 0 Å². The highest BCUT2D eigenvalue weighted by Gasteiger charge is 2.28. The van der Waals surface area contributed by atoms with E-state index in [0.717, 1.165) is 6.42 Å². The molecule has 0 aliphatic carbocycles. The van der Waals surface area contributed by atoms with Gasteiger partial charge in [-0.2, -0.15) is 0 Å². The van der Waals surface area contributed by atoms with Crippen LogP contribution < -0.4 is 0 Å². The average molecular weight is 170 g/mol. The van der Waals surface area contributed by atoms with Gasteiger partial charge in [0.05, 0.1) is 12.7 Å². The van der Waals surface area contributed by atoms with Crippen LogP contribution in [-0.4, -0.2) is 31.7 Å². The van der Waals surface area contributed by atoms with Crippen LogP contribution in [0.3, 0.4) is 0 Å². The normalized spacial score (nSPS) is 41.9. The largest absolute Gasteiger partial charge is 0.369 e. The second-order valence-electron chi connectivity index (χ2n) is 3.27. The molecular weight excluding hydrogens is 156 g/mol. The van der Waals surface area contributed by atoms with Gasteiger partial charge in [-0.05, 0) is 13.3 Å². The number of rotatable bonds is 0. The van der Waals surface area contributed by atoms with Crippen molar-refractivity contribution in [1.82, 2.24) is 0 Å². The lowest BCUT2D eigenvalue weighted by Crippen LogP contribution is -2.40. The summed E-state index contributed by atoms with van der Waals surface area (Å²) in [5, 5.41) is 0. The van der Waals surface area contributed by atoms with Gasteiger partial charge in [0.15, 0.2) is 0 Å². The van der Waals surface area contributed by atoms with Gasteiger partial charge >= 0.3 is 0 Å². The van der Waals surface area contributed by atoms with E-state index >= 15 is 0 Å². The number of hydrogen-bond donors (Lipinski definition) is 0. The van der Waals surface area contributed by atoms with E-state index in [1.807, 2.05) is 0 Å². The van der Waals surface area contributed by atoms with E-state index in [1.165, 1.54) is 0 Å². The first kappa shape index (κ1) is 8.23. The maximum absolute atomic E-state index is 5.70. The van der Waals surface area contributed by atoms with Crippen molar-refractivity contribution in [3.05, 3.63) is 12.2 Å². The van der Waals surface area contributed by atoms with E-state index in [1.54, 1.807) is 0 Å². The quantitative estimate of drug-likeness (QED) is 0.509. The maximum atomic E-state index is 5.70. The van der Waals surface area contributed by atoms with Crippen LogP contribution in [0.2, 0.25) is 0 Å². The fourth-order valence-corrected chi connectivity index (χ4v) is 1.55. The molecule has 2 aliphatic rings. The molecule has 1 unspecified atom stereocenters. The second-order valence-corrected chi connectivity index (χ2v) is 3.27. The van der Waals surface area contributed by atoms with Crippen molar-refractivity contribution < 1.29 is 14.2 Å². The molecule has 0 spiro atoms. The zero-order valence-corrected chi connectivity index (χ0v) is 7.23. The Kier molecular flexibility index (Phi) is 2.44. The van der Waals surface area contributed by atoms with Gasteiger partial charge in [0.25, 0.3) is 0 Å². The fourth-order valence-electron chi connectivity index (χ4n) is 1.55. The summed E-state index contributed by atoms with van der Waals surface area (Å²) < 4.78 is 16.2. The first-order valence-electron chi connectivity index (χ1n) is 4.38. The zero-order valence-electron chi connectivity index (χ0n) is 7.23. The lowest BCUT2D eigenvalue weighted by Gasteiger charge is -2.29. The summed E-state index contributed by atoms with van der Waals surface area (Å²) in [5.74, 6) is 0. The lowest BCUT2D eigenvalue weighted by molar-refractivity contribution is -0.200. The molecule has 0 amide bonds. The van der Waals surface area contributed by atoms with Gasteiger partial charge in [-0.1, -0.05) is 12.2 Å². The Labute approximate surface area is 72.3 Å². The predicted molar refractivity (Wildman–Crippen MR) is 43.8 cm³/mol.